The molecule has 1 heterocycles. The predicted molar refractivity (Wildman–Crippen MR) is 111 cm³/mol. The van der Waals surface area contributed by atoms with Crippen LogP contribution in [0.2, 0.25) is 0 Å². The van der Waals surface area contributed by atoms with E-state index in [0.29, 0.717) is 11.3 Å². The summed E-state index contributed by atoms with van der Waals surface area (Å²) in [4.78, 5) is 17.0. The van der Waals surface area contributed by atoms with Crippen LogP contribution in [-0.2, 0) is 0 Å². The molecule has 1 saturated carbocycles. The molecule has 0 atom stereocenters. The Morgan fingerprint density at radius 1 is 0.963 bits per heavy atom. The summed E-state index contributed by atoms with van der Waals surface area (Å²) in [6, 6.07) is 17.5. The molecule has 138 valence electrons. The maximum absolute atomic E-state index is 12.6. The van der Waals surface area contributed by atoms with E-state index in [0.717, 1.165) is 29.1 Å². The quantitative estimate of drug-likeness (QED) is 0.634. The van der Waals surface area contributed by atoms with E-state index >= 15 is 0 Å². The summed E-state index contributed by atoms with van der Waals surface area (Å²) in [7, 11) is 0. The SMILES string of the molecule is O=C(Nc1cnc2ccccc2c1)c1cccc(NCC2CCCCC2)c1. The molecule has 2 aromatic carbocycles. The number of anilines is 2. The lowest BCUT2D eigenvalue weighted by Gasteiger charge is -2.22. The normalized spacial score (nSPS) is 14.8. The van der Waals surface area contributed by atoms with Gasteiger partial charge in [-0.15, -0.1) is 0 Å². The van der Waals surface area contributed by atoms with Crippen LogP contribution in [0.25, 0.3) is 10.9 Å². The lowest BCUT2D eigenvalue weighted by molar-refractivity contribution is 0.102. The Morgan fingerprint density at radius 2 is 1.81 bits per heavy atom. The highest BCUT2D eigenvalue weighted by Crippen LogP contribution is 2.24. The number of carbonyl (C=O) groups is 1. The fourth-order valence-electron chi connectivity index (χ4n) is 3.77. The van der Waals surface area contributed by atoms with E-state index in [1.807, 2.05) is 54.6 Å². The maximum atomic E-state index is 12.6. The number of para-hydroxylation sites is 1. The number of pyridine rings is 1. The molecule has 0 bridgehead atoms. The Balaban J connectivity index is 1.41. The van der Waals surface area contributed by atoms with Crippen molar-refractivity contribution in [2.24, 2.45) is 5.92 Å². The maximum Gasteiger partial charge on any atom is 0.255 e. The second-order valence-electron chi connectivity index (χ2n) is 7.34. The molecule has 1 fully saturated rings. The second-order valence-corrected chi connectivity index (χ2v) is 7.34. The summed E-state index contributed by atoms with van der Waals surface area (Å²) in [6.07, 6.45) is 8.37. The zero-order valence-corrected chi connectivity index (χ0v) is 15.4. The number of benzene rings is 2. The zero-order chi connectivity index (χ0) is 18.5. The average Bonchev–Trinajstić information content (AvgIpc) is 2.73. The average molecular weight is 359 g/mol. The number of nitrogens with one attached hydrogen (secondary N) is 2. The molecule has 0 unspecified atom stereocenters. The molecule has 0 radical (unpaired) electrons. The number of hydrogen-bond acceptors (Lipinski definition) is 3. The van der Waals surface area contributed by atoms with Crippen LogP contribution in [0.5, 0.6) is 0 Å². The summed E-state index contributed by atoms with van der Waals surface area (Å²) >= 11 is 0. The molecule has 4 heteroatoms. The molecule has 0 aliphatic heterocycles. The number of aromatic nitrogens is 1. The van der Waals surface area contributed by atoms with E-state index in [9.17, 15) is 4.79 Å². The van der Waals surface area contributed by atoms with E-state index in [1.165, 1.54) is 32.1 Å². The molecule has 4 rings (SSSR count). The van der Waals surface area contributed by atoms with Gasteiger partial charge in [0, 0.05) is 23.2 Å². The van der Waals surface area contributed by atoms with Gasteiger partial charge in [0.25, 0.3) is 5.91 Å². The number of hydrogen-bond donors (Lipinski definition) is 2. The number of carbonyl (C=O) groups excluding carboxylic acids is 1. The summed E-state index contributed by atoms with van der Waals surface area (Å²) in [5.74, 6) is 0.633. The van der Waals surface area contributed by atoms with Crippen molar-refractivity contribution < 1.29 is 4.79 Å². The highest BCUT2D eigenvalue weighted by atomic mass is 16.1. The minimum absolute atomic E-state index is 0.117. The van der Waals surface area contributed by atoms with Crippen molar-refractivity contribution in [3.8, 4) is 0 Å². The van der Waals surface area contributed by atoms with Crippen molar-refractivity contribution in [3.63, 3.8) is 0 Å². The Kier molecular flexibility index (Phi) is 5.33. The first-order chi connectivity index (χ1) is 13.3. The van der Waals surface area contributed by atoms with Gasteiger partial charge in [0.2, 0.25) is 0 Å². The van der Waals surface area contributed by atoms with Crippen molar-refractivity contribution in [2.45, 2.75) is 32.1 Å². The standard InChI is InChI=1S/C23H25N3O/c27-23(26-21-13-18-9-4-5-12-22(18)25-16-21)19-10-6-11-20(14-19)24-15-17-7-2-1-3-8-17/h4-6,9-14,16-17,24H,1-3,7-8,15H2,(H,26,27). The molecular weight excluding hydrogens is 334 g/mol. The van der Waals surface area contributed by atoms with Crippen molar-refractivity contribution in [1.29, 1.82) is 0 Å². The summed E-state index contributed by atoms with van der Waals surface area (Å²) in [6.45, 7) is 0.986. The third-order valence-electron chi connectivity index (χ3n) is 5.29. The third kappa shape index (κ3) is 4.45. The molecule has 1 aromatic heterocycles. The van der Waals surface area contributed by atoms with Gasteiger partial charge < -0.3 is 10.6 Å². The van der Waals surface area contributed by atoms with Crippen molar-refractivity contribution in [3.05, 3.63) is 66.4 Å². The van der Waals surface area contributed by atoms with Crippen LogP contribution in [-0.4, -0.2) is 17.4 Å². The molecule has 2 N–H and O–H groups in total. The van der Waals surface area contributed by atoms with Gasteiger partial charge >= 0.3 is 0 Å². The van der Waals surface area contributed by atoms with Gasteiger partial charge in [-0.25, -0.2) is 0 Å². The largest absolute Gasteiger partial charge is 0.385 e. The lowest BCUT2D eigenvalue weighted by atomic mass is 9.89. The predicted octanol–water partition coefficient (Wildman–Crippen LogP) is 5.48. The van der Waals surface area contributed by atoms with Gasteiger partial charge in [0.1, 0.15) is 0 Å². The Morgan fingerprint density at radius 3 is 2.70 bits per heavy atom. The molecule has 27 heavy (non-hydrogen) atoms. The molecule has 4 nitrogen and oxygen atoms in total. The van der Waals surface area contributed by atoms with Crippen LogP contribution in [0.3, 0.4) is 0 Å². The molecule has 3 aromatic rings. The van der Waals surface area contributed by atoms with E-state index < -0.39 is 0 Å². The van der Waals surface area contributed by atoms with Crippen molar-refractivity contribution in [2.75, 3.05) is 17.2 Å². The topological polar surface area (TPSA) is 54.0 Å². The first-order valence-corrected chi connectivity index (χ1v) is 9.78. The first kappa shape index (κ1) is 17.5. The monoisotopic (exact) mass is 359 g/mol. The van der Waals surface area contributed by atoms with Gasteiger partial charge in [0.15, 0.2) is 0 Å². The highest BCUT2D eigenvalue weighted by molar-refractivity contribution is 6.05. The smallest absolute Gasteiger partial charge is 0.255 e. The van der Waals surface area contributed by atoms with Gasteiger partial charge in [-0.2, -0.15) is 0 Å². The number of amides is 1. The van der Waals surface area contributed by atoms with Crippen LogP contribution in [0, 0.1) is 5.92 Å². The Labute approximate surface area is 160 Å². The van der Waals surface area contributed by atoms with E-state index in [2.05, 4.69) is 15.6 Å². The van der Waals surface area contributed by atoms with Gasteiger partial charge in [-0.05, 0) is 49.1 Å². The van der Waals surface area contributed by atoms with E-state index in [4.69, 9.17) is 0 Å². The van der Waals surface area contributed by atoms with Crippen LogP contribution in [0.1, 0.15) is 42.5 Å². The Hall–Kier alpha value is -2.88. The highest BCUT2D eigenvalue weighted by Gasteiger charge is 2.13. The fourth-order valence-corrected chi connectivity index (χ4v) is 3.77. The summed E-state index contributed by atoms with van der Waals surface area (Å²) in [5.41, 5.74) is 3.28. The molecule has 1 amide bonds. The zero-order valence-electron chi connectivity index (χ0n) is 15.4. The van der Waals surface area contributed by atoms with Crippen LogP contribution < -0.4 is 10.6 Å². The van der Waals surface area contributed by atoms with Gasteiger partial charge in [-0.3, -0.25) is 9.78 Å². The number of fused-ring (bicyclic) bond motifs is 1. The minimum atomic E-state index is -0.117. The number of rotatable bonds is 5. The van der Waals surface area contributed by atoms with Crippen molar-refractivity contribution in [1.82, 2.24) is 4.98 Å². The summed E-state index contributed by atoms with van der Waals surface area (Å²) < 4.78 is 0. The molecule has 1 aliphatic rings. The third-order valence-corrected chi connectivity index (χ3v) is 5.29. The van der Waals surface area contributed by atoms with Crippen LogP contribution >= 0.6 is 0 Å². The van der Waals surface area contributed by atoms with E-state index in [1.54, 1.807) is 6.20 Å². The summed E-state index contributed by atoms with van der Waals surface area (Å²) in [5, 5.41) is 7.47. The first-order valence-electron chi connectivity index (χ1n) is 9.78. The fraction of sp³-hybridized carbons (Fsp3) is 0.304. The number of nitrogens with zero attached hydrogens (tertiary/aromatic N) is 1. The lowest BCUT2D eigenvalue weighted by Crippen LogP contribution is -2.17. The Bertz CT molecular complexity index is 932. The van der Waals surface area contributed by atoms with Crippen LogP contribution in [0.4, 0.5) is 11.4 Å². The van der Waals surface area contributed by atoms with Crippen molar-refractivity contribution >= 4 is 28.2 Å². The molecule has 0 saturated heterocycles. The second kappa shape index (κ2) is 8.21. The van der Waals surface area contributed by atoms with Gasteiger partial charge in [0.05, 0.1) is 17.4 Å². The van der Waals surface area contributed by atoms with Crippen LogP contribution in [0.15, 0.2) is 60.8 Å². The minimum Gasteiger partial charge on any atom is -0.385 e. The molecular formula is C23H25N3O. The molecule has 1 aliphatic carbocycles. The molecule has 0 spiro atoms. The van der Waals surface area contributed by atoms with Gasteiger partial charge in [-0.1, -0.05) is 43.5 Å². The van der Waals surface area contributed by atoms with E-state index in [-0.39, 0.29) is 5.91 Å².